The zero-order valence-corrected chi connectivity index (χ0v) is 16.4. The average molecular weight is 397 g/mol. The van der Waals surface area contributed by atoms with Gasteiger partial charge in [0.15, 0.2) is 5.65 Å². The summed E-state index contributed by atoms with van der Waals surface area (Å²) < 4.78 is 1.65. The first-order chi connectivity index (χ1) is 14.5. The fourth-order valence-corrected chi connectivity index (χ4v) is 3.99. The number of aromatic hydroxyl groups is 2. The van der Waals surface area contributed by atoms with E-state index >= 15 is 0 Å². The maximum atomic E-state index is 10.9. The molecular weight excluding hydrogens is 378 g/mol. The van der Waals surface area contributed by atoms with Gasteiger partial charge in [-0.1, -0.05) is 36.4 Å². The smallest absolute Gasteiger partial charge is 0.223 e. The SMILES string of the molecule is Cc1ccc(O)c(C)c1-n1c(=N)c2c(O)nc(-c3ccccc3)cc3[nH]cnc1c32. The summed E-state index contributed by atoms with van der Waals surface area (Å²) >= 11 is 0. The van der Waals surface area contributed by atoms with Crippen LogP contribution in [-0.2, 0) is 0 Å². The molecule has 148 valence electrons. The Labute approximate surface area is 171 Å². The lowest BCUT2D eigenvalue weighted by Crippen LogP contribution is -2.16. The number of nitrogens with zero attached hydrogens (tertiary/aromatic N) is 3. The molecule has 3 aromatic heterocycles. The van der Waals surface area contributed by atoms with Crippen LogP contribution in [0.5, 0.6) is 11.6 Å². The molecule has 0 saturated heterocycles. The second kappa shape index (κ2) is 6.45. The standard InChI is InChI=1S/C23H19N5O2/c1-12-8-9-17(29)13(2)20(12)28-21(24)19-18-16(25-11-26-22(18)28)10-15(27-23(19)30)14-6-4-3-5-7-14/h3-11,24,29-30H,1-2H3,(H,25,26). The van der Waals surface area contributed by atoms with E-state index in [-0.39, 0.29) is 17.1 Å². The number of aryl methyl sites for hydroxylation is 1. The predicted molar refractivity (Wildman–Crippen MR) is 115 cm³/mol. The van der Waals surface area contributed by atoms with Crippen LogP contribution in [0.15, 0.2) is 54.9 Å². The number of aromatic amines is 1. The average Bonchev–Trinajstić information content (AvgIpc) is 2.94. The zero-order valence-electron chi connectivity index (χ0n) is 16.4. The lowest BCUT2D eigenvalue weighted by Gasteiger charge is -2.13. The number of phenols is 1. The molecule has 0 aliphatic carbocycles. The van der Waals surface area contributed by atoms with Crippen molar-refractivity contribution in [1.29, 1.82) is 5.41 Å². The maximum Gasteiger partial charge on any atom is 0.223 e. The van der Waals surface area contributed by atoms with Gasteiger partial charge in [0.2, 0.25) is 5.88 Å². The van der Waals surface area contributed by atoms with Gasteiger partial charge in [-0.05, 0) is 31.5 Å². The Morgan fingerprint density at radius 2 is 1.77 bits per heavy atom. The molecule has 4 N–H and O–H groups in total. The van der Waals surface area contributed by atoms with E-state index in [9.17, 15) is 10.2 Å². The van der Waals surface area contributed by atoms with E-state index < -0.39 is 0 Å². The van der Waals surface area contributed by atoms with E-state index in [2.05, 4.69) is 15.0 Å². The van der Waals surface area contributed by atoms with Gasteiger partial charge in [0.1, 0.15) is 11.2 Å². The largest absolute Gasteiger partial charge is 0.508 e. The summed E-state index contributed by atoms with van der Waals surface area (Å²) in [6.45, 7) is 3.71. The number of hydrogen-bond acceptors (Lipinski definition) is 5. The van der Waals surface area contributed by atoms with Gasteiger partial charge in [0.05, 0.1) is 34.0 Å². The first-order valence-electron chi connectivity index (χ1n) is 9.48. The topological polar surface area (TPSA) is 111 Å². The third kappa shape index (κ3) is 2.49. The van der Waals surface area contributed by atoms with Gasteiger partial charge in [0, 0.05) is 11.1 Å². The Kier molecular flexibility index (Phi) is 3.86. The zero-order chi connectivity index (χ0) is 21.0. The molecule has 7 nitrogen and oxygen atoms in total. The predicted octanol–water partition coefficient (Wildman–Crippen LogP) is 4.08. The van der Waals surface area contributed by atoms with Crippen molar-refractivity contribution in [3.05, 3.63) is 71.5 Å². The normalized spacial score (nSPS) is 11.4. The Morgan fingerprint density at radius 1 is 1.00 bits per heavy atom. The molecule has 0 spiro atoms. The number of hydrogen-bond donors (Lipinski definition) is 4. The van der Waals surface area contributed by atoms with Crippen LogP contribution in [0.4, 0.5) is 0 Å². The van der Waals surface area contributed by atoms with Gasteiger partial charge < -0.3 is 15.2 Å². The van der Waals surface area contributed by atoms with Crippen molar-refractivity contribution < 1.29 is 10.2 Å². The van der Waals surface area contributed by atoms with Crippen LogP contribution < -0.4 is 5.49 Å². The maximum absolute atomic E-state index is 10.9. The highest BCUT2D eigenvalue weighted by Crippen LogP contribution is 2.34. The minimum atomic E-state index is -0.241. The van der Waals surface area contributed by atoms with Crippen LogP contribution >= 0.6 is 0 Å². The summed E-state index contributed by atoms with van der Waals surface area (Å²) in [5.41, 5.74) is 4.89. The summed E-state index contributed by atoms with van der Waals surface area (Å²) in [4.78, 5) is 12.0. The first-order valence-corrected chi connectivity index (χ1v) is 9.48. The number of phenolic OH excluding ortho intramolecular Hbond substituents is 1. The Bertz CT molecular complexity index is 1500. The molecular formula is C23H19N5O2. The van der Waals surface area contributed by atoms with Gasteiger partial charge in [-0.25, -0.2) is 9.97 Å². The Hall–Kier alpha value is -4.13. The monoisotopic (exact) mass is 397 g/mol. The molecule has 30 heavy (non-hydrogen) atoms. The van der Waals surface area contributed by atoms with Gasteiger partial charge in [-0.15, -0.1) is 0 Å². The number of nitrogens with one attached hydrogen (secondary N) is 2. The van der Waals surface area contributed by atoms with Crippen molar-refractivity contribution in [3.8, 4) is 28.6 Å². The highest BCUT2D eigenvalue weighted by atomic mass is 16.3. The molecule has 3 heterocycles. The van der Waals surface area contributed by atoms with Crippen LogP contribution in [0.2, 0.25) is 0 Å². The molecule has 0 radical (unpaired) electrons. The number of aromatic nitrogens is 4. The van der Waals surface area contributed by atoms with E-state index in [0.29, 0.717) is 38.9 Å². The van der Waals surface area contributed by atoms with E-state index in [0.717, 1.165) is 11.1 Å². The molecule has 2 aromatic carbocycles. The van der Waals surface area contributed by atoms with E-state index in [1.807, 2.05) is 43.3 Å². The molecule has 0 aliphatic rings. The van der Waals surface area contributed by atoms with E-state index in [1.165, 1.54) is 0 Å². The molecule has 0 unspecified atom stereocenters. The number of rotatable bonds is 2. The van der Waals surface area contributed by atoms with Crippen LogP contribution in [0.3, 0.4) is 0 Å². The van der Waals surface area contributed by atoms with Crippen molar-refractivity contribution in [1.82, 2.24) is 19.5 Å². The van der Waals surface area contributed by atoms with Crippen molar-refractivity contribution in [2.24, 2.45) is 0 Å². The lowest BCUT2D eigenvalue weighted by molar-refractivity contribution is 0.461. The van der Waals surface area contributed by atoms with E-state index in [1.54, 1.807) is 30.0 Å². The lowest BCUT2D eigenvalue weighted by atomic mass is 10.1. The number of H-pyrrole nitrogens is 1. The first kappa shape index (κ1) is 17.9. The Morgan fingerprint density at radius 3 is 2.53 bits per heavy atom. The molecule has 0 amide bonds. The third-order valence-electron chi connectivity index (χ3n) is 5.45. The van der Waals surface area contributed by atoms with Crippen molar-refractivity contribution in [3.63, 3.8) is 0 Å². The molecule has 5 aromatic rings. The Balaban J connectivity index is 1.95. The fourth-order valence-electron chi connectivity index (χ4n) is 3.99. The highest BCUT2D eigenvalue weighted by molar-refractivity contribution is 6.08. The molecule has 0 bridgehead atoms. The van der Waals surface area contributed by atoms with Gasteiger partial charge in [-0.3, -0.25) is 9.98 Å². The summed E-state index contributed by atoms with van der Waals surface area (Å²) in [6.07, 6.45) is 1.56. The summed E-state index contributed by atoms with van der Waals surface area (Å²) in [5.74, 6) is -0.105. The second-order valence-electron chi connectivity index (χ2n) is 7.28. The third-order valence-corrected chi connectivity index (χ3v) is 5.45. The fraction of sp³-hybridized carbons (Fsp3) is 0.0870. The molecule has 5 rings (SSSR count). The van der Waals surface area contributed by atoms with Crippen molar-refractivity contribution in [2.75, 3.05) is 0 Å². The minimum absolute atomic E-state index is 0.0547. The minimum Gasteiger partial charge on any atom is -0.508 e. The van der Waals surface area contributed by atoms with Gasteiger partial charge in [-0.2, -0.15) is 0 Å². The number of benzene rings is 2. The molecule has 0 fully saturated rings. The van der Waals surface area contributed by atoms with Crippen LogP contribution in [0.1, 0.15) is 11.1 Å². The van der Waals surface area contributed by atoms with Gasteiger partial charge in [0.25, 0.3) is 0 Å². The van der Waals surface area contributed by atoms with E-state index in [4.69, 9.17) is 5.41 Å². The summed E-state index contributed by atoms with van der Waals surface area (Å²) in [6, 6.07) is 14.8. The van der Waals surface area contributed by atoms with Crippen molar-refractivity contribution in [2.45, 2.75) is 13.8 Å². The van der Waals surface area contributed by atoms with Crippen LogP contribution in [0, 0.1) is 19.3 Å². The van der Waals surface area contributed by atoms with Gasteiger partial charge >= 0.3 is 0 Å². The summed E-state index contributed by atoms with van der Waals surface area (Å²) in [5, 5.41) is 30.9. The molecule has 0 atom stereocenters. The highest BCUT2D eigenvalue weighted by Gasteiger charge is 2.21. The van der Waals surface area contributed by atoms with Crippen molar-refractivity contribution >= 4 is 21.9 Å². The second-order valence-corrected chi connectivity index (χ2v) is 7.28. The molecule has 0 aliphatic heterocycles. The van der Waals surface area contributed by atoms with Crippen LogP contribution in [-0.4, -0.2) is 29.7 Å². The van der Waals surface area contributed by atoms with Crippen LogP contribution in [0.25, 0.3) is 38.9 Å². The molecule has 0 saturated carbocycles. The molecule has 7 heteroatoms. The summed E-state index contributed by atoms with van der Waals surface area (Å²) in [7, 11) is 0. The quantitative estimate of drug-likeness (QED) is 0.360.